The van der Waals surface area contributed by atoms with Crippen molar-refractivity contribution in [2.24, 2.45) is 5.92 Å². The first kappa shape index (κ1) is 23.8. The topological polar surface area (TPSA) is 94.5 Å². The van der Waals surface area contributed by atoms with Gasteiger partial charge in [-0.05, 0) is 79.8 Å². The number of hydrogen-bond acceptors (Lipinski definition) is 4. The van der Waals surface area contributed by atoms with E-state index in [4.69, 9.17) is 10.00 Å². The van der Waals surface area contributed by atoms with Crippen LogP contribution in [0.2, 0.25) is 0 Å². The van der Waals surface area contributed by atoms with Crippen molar-refractivity contribution in [1.29, 1.82) is 5.26 Å². The monoisotopic (exact) mass is 460 g/mol. The molecule has 2 saturated heterocycles. The lowest BCUT2D eigenvalue weighted by Gasteiger charge is -2.32. The molecule has 0 aliphatic carbocycles. The third-order valence-electron chi connectivity index (χ3n) is 6.91. The Morgan fingerprint density at radius 3 is 2.44 bits per heavy atom. The van der Waals surface area contributed by atoms with E-state index >= 15 is 0 Å². The third kappa shape index (κ3) is 5.95. The van der Waals surface area contributed by atoms with E-state index in [1.807, 2.05) is 48.2 Å². The minimum atomic E-state index is -0.253. The van der Waals surface area contributed by atoms with Gasteiger partial charge in [-0.1, -0.05) is 18.2 Å². The number of aryl methyl sites for hydroxylation is 1. The first-order valence-electron chi connectivity index (χ1n) is 12.1. The second-order valence-corrected chi connectivity index (χ2v) is 9.22. The van der Waals surface area contributed by atoms with Crippen LogP contribution in [0.3, 0.4) is 0 Å². The van der Waals surface area contributed by atoms with E-state index in [-0.39, 0.29) is 11.9 Å². The summed E-state index contributed by atoms with van der Waals surface area (Å²) < 4.78 is 5.36. The number of ether oxygens (including phenoxy) is 1. The van der Waals surface area contributed by atoms with E-state index in [2.05, 4.69) is 16.7 Å². The van der Waals surface area contributed by atoms with Crippen LogP contribution < -0.4 is 10.6 Å². The molecular weight excluding hydrogens is 428 g/mol. The molecule has 0 saturated carbocycles. The van der Waals surface area contributed by atoms with Gasteiger partial charge in [-0.2, -0.15) is 5.26 Å². The number of carbonyl (C=O) groups excluding carboxylic acids is 2. The van der Waals surface area contributed by atoms with Crippen LogP contribution >= 0.6 is 0 Å². The predicted molar refractivity (Wildman–Crippen MR) is 131 cm³/mol. The molecule has 0 bridgehead atoms. The first-order valence-corrected chi connectivity index (χ1v) is 12.1. The Kier molecular flexibility index (Phi) is 7.81. The van der Waals surface area contributed by atoms with Gasteiger partial charge in [-0.25, -0.2) is 4.79 Å². The number of rotatable bonds is 5. The van der Waals surface area contributed by atoms with Crippen LogP contribution in [-0.2, 0) is 4.74 Å². The third-order valence-corrected chi connectivity index (χ3v) is 6.91. The number of nitrogens with one attached hydrogen (secondary N) is 2. The van der Waals surface area contributed by atoms with Crippen molar-refractivity contribution >= 4 is 17.6 Å². The lowest BCUT2D eigenvalue weighted by molar-refractivity contribution is 0.0671. The molecule has 2 aromatic carbocycles. The van der Waals surface area contributed by atoms with Gasteiger partial charge in [0, 0.05) is 44.1 Å². The maximum atomic E-state index is 13.3. The molecule has 0 radical (unpaired) electrons. The zero-order valence-electron chi connectivity index (χ0n) is 19.7. The minimum Gasteiger partial charge on any atom is -0.381 e. The quantitative estimate of drug-likeness (QED) is 0.690. The molecule has 3 amide bonds. The average Bonchev–Trinajstić information content (AvgIpc) is 2.89. The molecule has 0 aromatic heterocycles. The van der Waals surface area contributed by atoms with Gasteiger partial charge in [0.05, 0.1) is 11.6 Å². The maximum Gasteiger partial charge on any atom is 0.319 e. The minimum absolute atomic E-state index is 0.00189. The Labute approximate surface area is 201 Å². The molecule has 2 aromatic rings. The van der Waals surface area contributed by atoms with Crippen LogP contribution in [0.4, 0.5) is 10.5 Å². The summed E-state index contributed by atoms with van der Waals surface area (Å²) in [5, 5.41) is 14.8. The lowest BCUT2D eigenvalue weighted by atomic mass is 9.88. The number of nitrogens with zero attached hydrogens (tertiary/aromatic N) is 2. The van der Waals surface area contributed by atoms with Crippen LogP contribution in [0.1, 0.15) is 58.6 Å². The summed E-state index contributed by atoms with van der Waals surface area (Å²) in [5.74, 6) is 0.842. The molecule has 7 nitrogen and oxygen atoms in total. The molecule has 2 heterocycles. The summed E-state index contributed by atoms with van der Waals surface area (Å²) in [6.45, 7) is 5.43. The molecule has 2 aliphatic heterocycles. The number of hydrogen-bond donors (Lipinski definition) is 2. The smallest absolute Gasteiger partial charge is 0.319 e. The molecular formula is C27H32N4O3. The largest absolute Gasteiger partial charge is 0.381 e. The summed E-state index contributed by atoms with van der Waals surface area (Å²) in [6.07, 6.45) is 3.71. The standard InChI is InChI=1S/C27H32N4O3/c1-19-2-7-24(30-27(33)29-18-21-10-14-34-15-11-21)16-25(19)26(32)31-12-8-23(9-13-31)22-5-3-20(17-28)4-6-22/h2-7,16,21,23H,8-15,18H2,1H3,(H2,29,30,33). The van der Waals surface area contributed by atoms with E-state index in [0.29, 0.717) is 48.3 Å². The van der Waals surface area contributed by atoms with Crippen molar-refractivity contribution < 1.29 is 14.3 Å². The number of nitriles is 1. The molecule has 2 aliphatic rings. The maximum absolute atomic E-state index is 13.3. The first-order chi connectivity index (χ1) is 16.5. The van der Waals surface area contributed by atoms with Crippen molar-refractivity contribution in [3.63, 3.8) is 0 Å². The zero-order valence-corrected chi connectivity index (χ0v) is 19.7. The highest BCUT2D eigenvalue weighted by molar-refractivity contribution is 5.98. The van der Waals surface area contributed by atoms with Crippen molar-refractivity contribution in [2.75, 3.05) is 38.2 Å². The highest BCUT2D eigenvalue weighted by atomic mass is 16.5. The highest BCUT2D eigenvalue weighted by Crippen LogP contribution is 2.29. The molecule has 0 atom stereocenters. The number of likely N-dealkylation sites (tertiary alicyclic amines) is 1. The van der Waals surface area contributed by atoms with E-state index in [1.165, 1.54) is 5.56 Å². The predicted octanol–water partition coefficient (Wildman–Crippen LogP) is 4.43. The van der Waals surface area contributed by atoms with Gasteiger partial charge in [0.15, 0.2) is 0 Å². The van der Waals surface area contributed by atoms with E-state index in [0.717, 1.165) is 44.5 Å². The number of urea groups is 1. The summed E-state index contributed by atoms with van der Waals surface area (Å²) in [6, 6.07) is 15.1. The fourth-order valence-corrected chi connectivity index (χ4v) is 4.71. The van der Waals surface area contributed by atoms with Crippen molar-refractivity contribution in [3.05, 3.63) is 64.7 Å². The number of piperidine rings is 1. The lowest BCUT2D eigenvalue weighted by Crippen LogP contribution is -2.38. The average molecular weight is 461 g/mol. The van der Waals surface area contributed by atoms with Crippen molar-refractivity contribution in [1.82, 2.24) is 10.2 Å². The molecule has 2 fully saturated rings. The SMILES string of the molecule is Cc1ccc(NC(=O)NCC2CCOCC2)cc1C(=O)N1CCC(c2ccc(C#N)cc2)CC1. The Morgan fingerprint density at radius 2 is 1.76 bits per heavy atom. The van der Waals surface area contributed by atoms with Crippen LogP contribution in [0.15, 0.2) is 42.5 Å². The number of benzene rings is 2. The second kappa shape index (κ2) is 11.2. The van der Waals surface area contributed by atoms with Gasteiger partial charge in [0.25, 0.3) is 5.91 Å². The second-order valence-electron chi connectivity index (χ2n) is 9.22. The summed E-state index contributed by atoms with van der Waals surface area (Å²) in [4.78, 5) is 27.5. The highest BCUT2D eigenvalue weighted by Gasteiger charge is 2.25. The van der Waals surface area contributed by atoms with E-state index in [1.54, 1.807) is 6.07 Å². The van der Waals surface area contributed by atoms with Crippen LogP contribution in [0, 0.1) is 24.2 Å². The van der Waals surface area contributed by atoms with Crippen LogP contribution in [-0.4, -0.2) is 49.7 Å². The fraction of sp³-hybridized carbons (Fsp3) is 0.444. The van der Waals surface area contributed by atoms with Gasteiger partial charge in [0.1, 0.15) is 0 Å². The van der Waals surface area contributed by atoms with Gasteiger partial charge in [-0.3, -0.25) is 4.79 Å². The Balaban J connectivity index is 1.32. The van der Waals surface area contributed by atoms with Gasteiger partial charge >= 0.3 is 6.03 Å². The molecule has 0 spiro atoms. The summed E-state index contributed by atoms with van der Waals surface area (Å²) in [5.41, 5.74) is 4.02. The summed E-state index contributed by atoms with van der Waals surface area (Å²) >= 11 is 0. The number of amides is 3. The fourth-order valence-electron chi connectivity index (χ4n) is 4.71. The normalized spacial score (nSPS) is 17.1. The van der Waals surface area contributed by atoms with E-state index in [9.17, 15) is 9.59 Å². The molecule has 4 rings (SSSR count). The van der Waals surface area contributed by atoms with Gasteiger partial charge < -0.3 is 20.3 Å². The van der Waals surface area contributed by atoms with Crippen LogP contribution in [0.25, 0.3) is 0 Å². The summed E-state index contributed by atoms with van der Waals surface area (Å²) in [7, 11) is 0. The molecule has 178 valence electrons. The van der Waals surface area contributed by atoms with E-state index < -0.39 is 0 Å². The molecule has 0 unspecified atom stereocenters. The Hall–Kier alpha value is -3.37. The number of anilines is 1. The number of carbonyl (C=O) groups is 2. The van der Waals surface area contributed by atoms with Crippen LogP contribution in [0.5, 0.6) is 0 Å². The Bertz CT molecular complexity index is 1050. The Morgan fingerprint density at radius 1 is 1.06 bits per heavy atom. The van der Waals surface area contributed by atoms with Gasteiger partial charge in [-0.15, -0.1) is 0 Å². The van der Waals surface area contributed by atoms with Gasteiger partial charge in [0.2, 0.25) is 0 Å². The molecule has 34 heavy (non-hydrogen) atoms. The molecule has 2 N–H and O–H groups in total. The van der Waals surface area contributed by atoms with Crippen molar-refractivity contribution in [3.8, 4) is 6.07 Å². The zero-order chi connectivity index (χ0) is 23.9. The van der Waals surface area contributed by atoms with Crippen molar-refractivity contribution in [2.45, 2.75) is 38.5 Å². The molecule has 7 heteroatoms.